The van der Waals surface area contributed by atoms with E-state index in [2.05, 4.69) is 43.4 Å². The number of amides is 5. The van der Waals surface area contributed by atoms with Gasteiger partial charge in [0.2, 0.25) is 17.7 Å². The summed E-state index contributed by atoms with van der Waals surface area (Å²) in [5, 5.41) is 20.2. The molecule has 2 aromatic rings. The minimum Gasteiger partial charge on any atom is -0.461 e. The lowest BCUT2D eigenvalue weighted by molar-refractivity contribution is -0.148. The van der Waals surface area contributed by atoms with E-state index in [0.717, 1.165) is 63.5 Å². The van der Waals surface area contributed by atoms with Gasteiger partial charge in [0.15, 0.2) is 11.6 Å². The maximum atomic E-state index is 14.4. The fourth-order valence-electron chi connectivity index (χ4n) is 11.0. The first-order chi connectivity index (χ1) is 49.4. The lowest BCUT2D eigenvalue weighted by Gasteiger charge is -2.26. The Morgan fingerprint density at radius 2 is 1.20 bits per heavy atom. The average Bonchev–Trinajstić information content (AvgIpc) is 1.66. The van der Waals surface area contributed by atoms with E-state index in [1.165, 1.54) is 6.92 Å². The summed E-state index contributed by atoms with van der Waals surface area (Å²) >= 11 is 0. The summed E-state index contributed by atoms with van der Waals surface area (Å²) in [5.74, 6) is 1.72. The molecule has 2 unspecified atom stereocenters. The van der Waals surface area contributed by atoms with Crippen LogP contribution in [0.2, 0.25) is 0 Å². The molecule has 1 aromatic heterocycles. The molecular formula is C74H118N8O20. The summed E-state index contributed by atoms with van der Waals surface area (Å²) in [5.41, 5.74) is 8.13. The van der Waals surface area contributed by atoms with Crippen LogP contribution in [0.1, 0.15) is 186 Å². The summed E-state index contributed by atoms with van der Waals surface area (Å²) in [7, 11) is 0. The molecule has 28 nitrogen and oxygen atoms in total. The van der Waals surface area contributed by atoms with Crippen molar-refractivity contribution in [2.45, 2.75) is 201 Å². The number of benzene rings is 1. The summed E-state index contributed by atoms with van der Waals surface area (Å²) in [6.07, 6.45) is 11.4. The highest BCUT2D eigenvalue weighted by Gasteiger charge is 2.33. The van der Waals surface area contributed by atoms with Gasteiger partial charge in [-0.25, -0.2) is 9.48 Å². The number of anilines is 1. The Bertz CT molecular complexity index is 2810. The number of hydrogen-bond acceptors (Lipinski definition) is 22. The molecule has 1 heterocycles. The zero-order chi connectivity index (χ0) is 73.8. The number of rotatable bonds is 59. The van der Waals surface area contributed by atoms with Gasteiger partial charge in [0.1, 0.15) is 49.3 Å². The molecule has 5 atom stereocenters. The molecule has 2 aliphatic carbocycles. The van der Waals surface area contributed by atoms with Crippen molar-refractivity contribution in [2.24, 2.45) is 29.4 Å². The lowest BCUT2D eigenvalue weighted by Crippen LogP contribution is -2.48. The molecule has 0 bridgehead atoms. The number of carbonyl (C=O) groups is 9. The number of nitrogens with zero attached hydrogens (tertiary/aromatic N) is 3. The molecule has 28 heteroatoms. The minimum absolute atomic E-state index is 0.0218. The van der Waals surface area contributed by atoms with Gasteiger partial charge in [-0.1, -0.05) is 76.6 Å². The number of urea groups is 1. The van der Waals surface area contributed by atoms with Crippen molar-refractivity contribution < 1.29 is 95.3 Å². The standard InChI is InChI=1S/C74H118N8O20/c1-55(2)69(66(86)51-60(19-16-32-77-74(75)91)71(88)78-61-27-25-58(26-28-61)52-102-73(90)56(3)4)79-72(89)59(50-62(84)30-36-94-40-44-98-47-46-96-42-38-92-34-17-20-63(85)53-100-64-21-10-7-6-8-11-22-64)18-14-15-31-76-68(87)54-101-67-24-13-9-12-23-65-70(67)80-81-82(65)33-37-95-41-45-99-49-48-97-43-39-93-35-29-57(5)83/h25-28,55-56,59-60,64,67,69H,6-10,12-21,23-24,29-54H2,1-5H3,(H,76,87)(H,78,88)(H,79,89)(H3,75,77,91)/t59-,60+,64?,67?,69-/m0/s1. The van der Waals surface area contributed by atoms with Crippen molar-refractivity contribution in [1.82, 2.24) is 30.9 Å². The zero-order valence-electron chi connectivity index (χ0n) is 61.3. The van der Waals surface area contributed by atoms with Crippen LogP contribution in [0, 0.1) is 35.5 Å². The number of primary amides is 1. The maximum Gasteiger partial charge on any atom is 0.312 e. The zero-order valence-corrected chi connectivity index (χ0v) is 61.3. The van der Waals surface area contributed by atoms with Gasteiger partial charge in [-0.2, -0.15) is 0 Å². The van der Waals surface area contributed by atoms with Crippen LogP contribution in [0.5, 0.6) is 0 Å². The first-order valence-corrected chi connectivity index (χ1v) is 36.9. The lowest BCUT2D eigenvalue weighted by atomic mass is 9.88. The summed E-state index contributed by atoms with van der Waals surface area (Å²) < 4.78 is 64.0. The number of aromatic nitrogens is 3. The molecule has 102 heavy (non-hydrogen) atoms. The van der Waals surface area contributed by atoms with Gasteiger partial charge in [-0.05, 0) is 101 Å². The van der Waals surface area contributed by atoms with E-state index in [-0.39, 0.29) is 126 Å². The molecule has 574 valence electrons. The van der Waals surface area contributed by atoms with Gasteiger partial charge in [-0.15, -0.1) is 11.0 Å². The van der Waals surface area contributed by atoms with Crippen molar-refractivity contribution in [2.75, 3.05) is 137 Å². The molecule has 0 radical (unpaired) electrons. The first-order valence-electron chi connectivity index (χ1n) is 36.9. The van der Waals surface area contributed by atoms with Gasteiger partial charge in [0, 0.05) is 75.7 Å². The monoisotopic (exact) mass is 1440 g/mol. The molecule has 6 N–H and O–H groups in total. The van der Waals surface area contributed by atoms with Crippen LogP contribution in [-0.4, -0.2) is 212 Å². The van der Waals surface area contributed by atoms with E-state index in [4.69, 9.17) is 57.8 Å². The van der Waals surface area contributed by atoms with Crippen molar-refractivity contribution in [3.8, 4) is 11.8 Å². The second-order valence-corrected chi connectivity index (χ2v) is 26.3. The highest BCUT2D eigenvalue weighted by atomic mass is 16.6. The normalized spacial score (nSPS) is 15.5. The molecule has 0 saturated heterocycles. The Hall–Kier alpha value is -6.65. The van der Waals surface area contributed by atoms with Crippen LogP contribution in [-0.2, 0) is 110 Å². The van der Waals surface area contributed by atoms with E-state index < -0.39 is 53.5 Å². The predicted molar refractivity (Wildman–Crippen MR) is 379 cm³/mol. The van der Waals surface area contributed by atoms with E-state index in [1.54, 1.807) is 52.0 Å². The second-order valence-electron chi connectivity index (χ2n) is 26.3. The third kappa shape index (κ3) is 41.0. The average molecular weight is 1440 g/mol. The molecule has 0 spiro atoms. The van der Waals surface area contributed by atoms with Gasteiger partial charge in [0.25, 0.3) is 0 Å². The molecule has 1 aromatic carbocycles. The number of hydrogen-bond donors (Lipinski definition) is 5. The maximum absolute atomic E-state index is 14.4. The number of fused-ring (bicyclic) bond motifs is 1. The Kier molecular flexibility index (Phi) is 47.3. The Labute approximate surface area is 603 Å². The van der Waals surface area contributed by atoms with E-state index in [0.29, 0.717) is 154 Å². The molecule has 2 aliphatic rings. The quantitative estimate of drug-likeness (QED) is 0.0252. The predicted octanol–water partition coefficient (Wildman–Crippen LogP) is 7.02. The van der Waals surface area contributed by atoms with Crippen molar-refractivity contribution in [1.29, 1.82) is 0 Å². The van der Waals surface area contributed by atoms with Crippen LogP contribution < -0.4 is 27.0 Å². The largest absolute Gasteiger partial charge is 0.461 e. The van der Waals surface area contributed by atoms with Crippen molar-refractivity contribution >= 4 is 58.5 Å². The molecule has 4 rings (SSSR count). The number of unbranched alkanes of at least 4 members (excludes halogenated alkanes) is 1. The SMILES string of the molecule is CC(=O)CCOCCOCCOCCOCCn1nnc2c1CCCCCC2OCC(=O)NCCCC[C@@H](CC(=O)CCOCCOCCOCCOCCCC(=O)COC1C#CCCCCC1)C(=O)N[C@H](C(=O)C[C@@H](CCCNC(N)=O)C(=O)Nc1ccc(COC(=O)C(C)C)cc1)C(C)C. The molecular weight excluding hydrogens is 1320 g/mol. The molecule has 0 fully saturated rings. The second kappa shape index (κ2) is 54.9. The van der Waals surface area contributed by atoms with E-state index in [1.807, 2.05) is 4.68 Å². The Morgan fingerprint density at radius 1 is 0.598 bits per heavy atom. The van der Waals surface area contributed by atoms with Gasteiger partial charge >= 0.3 is 12.0 Å². The van der Waals surface area contributed by atoms with Crippen molar-refractivity contribution in [3.63, 3.8) is 0 Å². The molecule has 0 aliphatic heterocycles. The highest BCUT2D eigenvalue weighted by molar-refractivity contribution is 5.98. The highest BCUT2D eigenvalue weighted by Crippen LogP contribution is 2.30. The number of ketones is 4. The third-order valence-electron chi connectivity index (χ3n) is 16.9. The minimum atomic E-state index is -1.02. The first kappa shape index (κ1) is 87.8. The van der Waals surface area contributed by atoms with Crippen LogP contribution in [0.25, 0.3) is 0 Å². The number of esters is 1. The molecule has 5 amide bonds. The number of nitrogens with two attached hydrogens (primary N) is 1. The van der Waals surface area contributed by atoms with Crippen LogP contribution in [0.15, 0.2) is 24.3 Å². The van der Waals surface area contributed by atoms with Gasteiger partial charge in [0.05, 0.1) is 123 Å². The summed E-state index contributed by atoms with van der Waals surface area (Å²) in [4.78, 5) is 116. The topological polar surface area (TPSA) is 360 Å². The number of Topliss-reactive ketones (excluding diaryl/α,β-unsaturated/α-hetero) is 4. The number of carbonyl (C=O) groups excluding carboxylic acids is 9. The molecule has 0 saturated carbocycles. The van der Waals surface area contributed by atoms with Crippen molar-refractivity contribution in [3.05, 3.63) is 41.2 Å². The van der Waals surface area contributed by atoms with E-state index in [9.17, 15) is 43.2 Å². The van der Waals surface area contributed by atoms with Gasteiger partial charge < -0.3 is 79.1 Å². The van der Waals surface area contributed by atoms with Crippen LogP contribution in [0.3, 0.4) is 0 Å². The van der Waals surface area contributed by atoms with E-state index >= 15 is 0 Å². The number of nitrogens with one attached hydrogen (secondary N) is 4. The van der Waals surface area contributed by atoms with Crippen LogP contribution >= 0.6 is 0 Å². The summed E-state index contributed by atoms with van der Waals surface area (Å²) in [6.45, 7) is 15.1. The Balaban J connectivity index is 1.25. The Morgan fingerprint density at radius 3 is 1.84 bits per heavy atom. The third-order valence-corrected chi connectivity index (χ3v) is 16.9. The fraction of sp³-hybridized carbons (Fsp3) is 0.743. The fourth-order valence-corrected chi connectivity index (χ4v) is 11.0. The smallest absolute Gasteiger partial charge is 0.312 e. The van der Waals surface area contributed by atoms with Gasteiger partial charge in [-0.3, -0.25) is 38.4 Å². The summed E-state index contributed by atoms with van der Waals surface area (Å²) in [6, 6.07) is 5.01. The van der Waals surface area contributed by atoms with Crippen LogP contribution in [0.4, 0.5) is 10.5 Å². The number of ether oxygens (including phenoxy) is 11.